The Hall–Kier alpha value is -2.11. The number of nitrogens with one attached hydrogen (secondary N) is 1. The van der Waals surface area contributed by atoms with Gasteiger partial charge in [-0.05, 0) is 18.6 Å². The second-order valence-electron chi connectivity index (χ2n) is 4.14. The Balaban J connectivity index is 1.82. The summed E-state index contributed by atoms with van der Waals surface area (Å²) in [6, 6.07) is 4.14. The van der Waals surface area contributed by atoms with Crippen molar-refractivity contribution in [1.82, 2.24) is 19.9 Å². The Morgan fingerprint density at radius 3 is 3.29 bits per heavy atom. The molecule has 0 bridgehead atoms. The number of aromatic nitrogens is 3. The van der Waals surface area contributed by atoms with Gasteiger partial charge in [-0.15, -0.1) is 5.10 Å². The Bertz CT molecular complexity index is 537. The number of hydrogen-bond donors (Lipinski definition) is 1. The van der Waals surface area contributed by atoms with Crippen LogP contribution in [-0.4, -0.2) is 40.1 Å². The van der Waals surface area contributed by atoms with E-state index in [0.717, 1.165) is 37.4 Å². The van der Waals surface area contributed by atoms with E-state index in [9.17, 15) is 4.79 Å². The van der Waals surface area contributed by atoms with Gasteiger partial charge in [-0.2, -0.15) is 0 Å². The van der Waals surface area contributed by atoms with E-state index < -0.39 is 0 Å². The van der Waals surface area contributed by atoms with Gasteiger partial charge in [0.25, 0.3) is 0 Å². The largest absolute Gasteiger partial charge is 0.354 e. The van der Waals surface area contributed by atoms with Crippen LogP contribution in [0.3, 0.4) is 0 Å². The van der Waals surface area contributed by atoms with Crippen molar-refractivity contribution < 1.29 is 4.79 Å². The molecule has 3 rings (SSSR count). The summed E-state index contributed by atoms with van der Waals surface area (Å²) in [5.41, 5.74) is 0.843. The average Bonchev–Trinajstić information content (AvgIpc) is 2.96. The van der Waals surface area contributed by atoms with Crippen molar-refractivity contribution in [3.05, 3.63) is 24.5 Å². The number of hydrogen-bond acceptors (Lipinski definition) is 4. The van der Waals surface area contributed by atoms with Crippen LogP contribution in [0.1, 0.15) is 6.42 Å². The van der Waals surface area contributed by atoms with Crippen LogP contribution in [0.25, 0.3) is 5.65 Å². The van der Waals surface area contributed by atoms with Crippen molar-refractivity contribution in [1.29, 1.82) is 0 Å². The van der Waals surface area contributed by atoms with Crippen molar-refractivity contribution in [2.45, 2.75) is 12.5 Å². The lowest BCUT2D eigenvalue weighted by Gasteiger charge is -2.16. The summed E-state index contributed by atoms with van der Waals surface area (Å²) >= 11 is 0. The molecule has 1 saturated heterocycles. The number of rotatable bonds is 3. The average molecular weight is 231 g/mol. The number of carbonyl (C=O) groups is 1. The second kappa shape index (κ2) is 4.04. The SMILES string of the molecule is O=CN[C@H]1CCN(c2ccc3nccn3n2)C1. The Labute approximate surface area is 98.2 Å². The zero-order chi connectivity index (χ0) is 11.7. The molecule has 1 N–H and O–H groups in total. The summed E-state index contributed by atoms with van der Waals surface area (Å²) in [5.74, 6) is 0.922. The lowest BCUT2D eigenvalue weighted by atomic mass is 10.3. The van der Waals surface area contributed by atoms with Gasteiger partial charge in [0.15, 0.2) is 5.65 Å². The summed E-state index contributed by atoms with van der Waals surface area (Å²) in [5, 5.41) is 7.28. The van der Waals surface area contributed by atoms with Crippen LogP contribution < -0.4 is 10.2 Å². The molecule has 0 aliphatic carbocycles. The highest BCUT2D eigenvalue weighted by molar-refractivity contribution is 5.49. The molecule has 0 radical (unpaired) electrons. The quantitative estimate of drug-likeness (QED) is 0.758. The first-order valence-corrected chi connectivity index (χ1v) is 5.62. The molecule has 1 fully saturated rings. The lowest BCUT2D eigenvalue weighted by molar-refractivity contribution is -0.110. The minimum atomic E-state index is 0.229. The lowest BCUT2D eigenvalue weighted by Crippen LogP contribution is -2.31. The maximum atomic E-state index is 10.4. The number of imidazole rings is 1. The van der Waals surface area contributed by atoms with Crippen molar-refractivity contribution >= 4 is 17.9 Å². The molecule has 6 heteroatoms. The molecule has 1 aliphatic heterocycles. The molecule has 2 aromatic rings. The van der Waals surface area contributed by atoms with E-state index in [-0.39, 0.29) is 6.04 Å². The normalized spacial score (nSPS) is 19.8. The zero-order valence-corrected chi connectivity index (χ0v) is 9.28. The number of fused-ring (bicyclic) bond motifs is 1. The minimum Gasteiger partial charge on any atom is -0.354 e. The van der Waals surface area contributed by atoms with Crippen LogP contribution in [-0.2, 0) is 4.79 Å². The van der Waals surface area contributed by atoms with E-state index in [1.807, 2.05) is 18.3 Å². The van der Waals surface area contributed by atoms with Crippen LogP contribution in [0.4, 0.5) is 5.82 Å². The molecule has 88 valence electrons. The van der Waals surface area contributed by atoms with Crippen LogP contribution in [0, 0.1) is 0 Å². The molecule has 17 heavy (non-hydrogen) atoms. The molecular formula is C11H13N5O. The van der Waals surface area contributed by atoms with E-state index in [1.165, 1.54) is 0 Å². The maximum absolute atomic E-state index is 10.4. The number of carbonyl (C=O) groups excluding carboxylic acids is 1. The maximum Gasteiger partial charge on any atom is 0.207 e. The molecule has 0 spiro atoms. The van der Waals surface area contributed by atoms with E-state index in [2.05, 4.69) is 20.3 Å². The van der Waals surface area contributed by atoms with Crippen LogP contribution in [0.15, 0.2) is 24.5 Å². The van der Waals surface area contributed by atoms with Gasteiger partial charge in [-0.1, -0.05) is 0 Å². The Morgan fingerprint density at radius 2 is 2.41 bits per heavy atom. The highest BCUT2D eigenvalue weighted by Crippen LogP contribution is 2.17. The first kappa shape index (κ1) is 10.1. The predicted molar refractivity (Wildman–Crippen MR) is 62.8 cm³/mol. The highest BCUT2D eigenvalue weighted by Gasteiger charge is 2.23. The summed E-state index contributed by atoms with van der Waals surface area (Å²) in [4.78, 5) is 16.7. The predicted octanol–water partition coefficient (Wildman–Crippen LogP) is 0.0540. The van der Waals surface area contributed by atoms with E-state index in [0.29, 0.717) is 0 Å². The zero-order valence-electron chi connectivity index (χ0n) is 9.28. The Morgan fingerprint density at radius 1 is 1.47 bits per heavy atom. The molecule has 0 saturated carbocycles. The van der Waals surface area contributed by atoms with Gasteiger partial charge in [0.2, 0.25) is 6.41 Å². The minimum absolute atomic E-state index is 0.229. The monoisotopic (exact) mass is 231 g/mol. The summed E-state index contributed by atoms with van der Waals surface area (Å²) in [6.45, 7) is 1.73. The first-order valence-electron chi connectivity index (χ1n) is 5.62. The van der Waals surface area contributed by atoms with Gasteiger partial charge < -0.3 is 10.2 Å². The van der Waals surface area contributed by atoms with Crippen LogP contribution in [0.2, 0.25) is 0 Å². The number of nitrogens with zero attached hydrogens (tertiary/aromatic N) is 4. The van der Waals surface area contributed by atoms with Gasteiger partial charge in [0, 0.05) is 31.5 Å². The fourth-order valence-electron chi connectivity index (χ4n) is 2.17. The molecule has 0 unspecified atom stereocenters. The molecule has 1 amide bonds. The van der Waals surface area contributed by atoms with Gasteiger partial charge in [0.1, 0.15) is 5.82 Å². The van der Waals surface area contributed by atoms with E-state index in [1.54, 1.807) is 10.7 Å². The van der Waals surface area contributed by atoms with Gasteiger partial charge in [-0.3, -0.25) is 4.79 Å². The molecule has 2 aromatic heterocycles. The van der Waals surface area contributed by atoms with Crippen molar-refractivity contribution in [2.75, 3.05) is 18.0 Å². The molecular weight excluding hydrogens is 218 g/mol. The van der Waals surface area contributed by atoms with Crippen molar-refractivity contribution in [3.63, 3.8) is 0 Å². The third kappa shape index (κ3) is 1.82. The van der Waals surface area contributed by atoms with E-state index >= 15 is 0 Å². The fourth-order valence-corrected chi connectivity index (χ4v) is 2.17. The van der Waals surface area contributed by atoms with Gasteiger partial charge >= 0.3 is 0 Å². The van der Waals surface area contributed by atoms with Gasteiger partial charge in [0.05, 0.1) is 0 Å². The third-order valence-electron chi connectivity index (χ3n) is 3.06. The topological polar surface area (TPSA) is 62.5 Å². The smallest absolute Gasteiger partial charge is 0.207 e. The number of amides is 1. The van der Waals surface area contributed by atoms with Gasteiger partial charge in [-0.25, -0.2) is 9.50 Å². The van der Waals surface area contributed by atoms with Crippen molar-refractivity contribution in [3.8, 4) is 0 Å². The molecule has 6 nitrogen and oxygen atoms in total. The third-order valence-corrected chi connectivity index (χ3v) is 3.06. The second-order valence-corrected chi connectivity index (χ2v) is 4.14. The standard InChI is InChI=1S/C11H13N5O/c17-8-13-9-3-5-15(7-9)11-2-1-10-12-4-6-16(10)14-11/h1-2,4,6,8-9H,3,5,7H2,(H,13,17)/t9-/m0/s1. The number of anilines is 1. The first-order chi connectivity index (χ1) is 8.36. The summed E-state index contributed by atoms with van der Waals surface area (Å²) in [7, 11) is 0. The molecule has 1 atom stereocenters. The Kier molecular flexibility index (Phi) is 2.40. The van der Waals surface area contributed by atoms with E-state index in [4.69, 9.17) is 0 Å². The highest BCUT2D eigenvalue weighted by atomic mass is 16.1. The summed E-state index contributed by atoms with van der Waals surface area (Å²) in [6.07, 6.45) is 5.28. The molecule has 3 heterocycles. The van der Waals surface area contributed by atoms with Crippen LogP contribution >= 0.6 is 0 Å². The van der Waals surface area contributed by atoms with Crippen molar-refractivity contribution in [2.24, 2.45) is 0 Å². The molecule has 0 aromatic carbocycles. The molecule has 1 aliphatic rings. The fraction of sp³-hybridized carbons (Fsp3) is 0.364. The van der Waals surface area contributed by atoms with Crippen LogP contribution in [0.5, 0.6) is 0 Å². The summed E-state index contributed by atoms with van der Waals surface area (Å²) < 4.78 is 1.76.